The van der Waals surface area contributed by atoms with Gasteiger partial charge in [-0.05, 0) is 43.7 Å². The van der Waals surface area contributed by atoms with Gasteiger partial charge >= 0.3 is 0 Å². The molecule has 0 saturated carbocycles. The van der Waals surface area contributed by atoms with Gasteiger partial charge < -0.3 is 14.7 Å². The number of nitrogens with zero attached hydrogens (tertiary/aromatic N) is 1. The number of aliphatic hydroxyl groups excluding tert-OH is 1. The van der Waals surface area contributed by atoms with Crippen LogP contribution in [0.3, 0.4) is 0 Å². The Kier molecular flexibility index (Phi) is 4.79. The summed E-state index contributed by atoms with van der Waals surface area (Å²) in [5.41, 5.74) is 2.46. The van der Waals surface area contributed by atoms with Crippen molar-refractivity contribution in [3.8, 4) is 0 Å². The first-order chi connectivity index (χ1) is 10.6. The van der Waals surface area contributed by atoms with Gasteiger partial charge in [-0.1, -0.05) is 24.3 Å². The predicted molar refractivity (Wildman–Crippen MR) is 84.5 cm³/mol. The van der Waals surface area contributed by atoms with E-state index in [1.165, 1.54) is 5.56 Å². The van der Waals surface area contributed by atoms with E-state index < -0.39 is 0 Å². The summed E-state index contributed by atoms with van der Waals surface area (Å²) < 4.78 is 5.85. The van der Waals surface area contributed by atoms with Crippen molar-refractivity contribution in [1.82, 2.24) is 4.90 Å². The third-order valence-corrected chi connectivity index (χ3v) is 4.76. The van der Waals surface area contributed by atoms with Crippen LogP contribution in [0.15, 0.2) is 24.3 Å². The number of aliphatic hydroxyl groups is 1. The Morgan fingerprint density at radius 1 is 1.45 bits per heavy atom. The fourth-order valence-corrected chi connectivity index (χ4v) is 3.72. The number of likely N-dealkylation sites (tertiary alicyclic amines) is 1. The van der Waals surface area contributed by atoms with Gasteiger partial charge in [0.25, 0.3) is 0 Å². The molecule has 2 aliphatic heterocycles. The van der Waals surface area contributed by atoms with Crippen LogP contribution in [0.4, 0.5) is 0 Å². The van der Waals surface area contributed by atoms with E-state index in [1.54, 1.807) is 6.92 Å². The molecule has 2 heterocycles. The predicted octanol–water partition coefficient (Wildman–Crippen LogP) is 2.45. The Morgan fingerprint density at radius 2 is 2.27 bits per heavy atom. The minimum absolute atomic E-state index is 0.120. The fourth-order valence-electron chi connectivity index (χ4n) is 3.72. The average molecular weight is 303 g/mol. The van der Waals surface area contributed by atoms with Crippen LogP contribution in [0.2, 0.25) is 0 Å². The van der Waals surface area contributed by atoms with E-state index in [0.717, 1.165) is 31.4 Å². The van der Waals surface area contributed by atoms with Crippen LogP contribution in [-0.2, 0) is 16.0 Å². The minimum atomic E-state index is -0.356. The molecule has 1 N–H and O–H groups in total. The molecule has 0 radical (unpaired) electrons. The number of hydrogen-bond donors (Lipinski definition) is 1. The second-order valence-electron chi connectivity index (χ2n) is 6.48. The van der Waals surface area contributed by atoms with E-state index in [-0.39, 0.29) is 24.2 Å². The quantitative estimate of drug-likeness (QED) is 0.929. The SMILES string of the molecule is CC(O)CC1CCCN1C(=O)CC1OCCc2ccccc21. The summed E-state index contributed by atoms with van der Waals surface area (Å²) in [5, 5.41) is 9.60. The van der Waals surface area contributed by atoms with Crippen LogP contribution in [0, 0.1) is 0 Å². The number of ether oxygens (including phenoxy) is 1. The number of carbonyl (C=O) groups excluding carboxylic acids is 1. The van der Waals surface area contributed by atoms with Gasteiger partial charge in [0, 0.05) is 12.6 Å². The first-order valence-electron chi connectivity index (χ1n) is 8.32. The molecule has 1 saturated heterocycles. The summed E-state index contributed by atoms with van der Waals surface area (Å²) >= 11 is 0. The van der Waals surface area contributed by atoms with Crippen LogP contribution < -0.4 is 0 Å². The first kappa shape index (κ1) is 15.5. The van der Waals surface area contributed by atoms with Crippen LogP contribution >= 0.6 is 0 Å². The van der Waals surface area contributed by atoms with E-state index in [2.05, 4.69) is 12.1 Å². The van der Waals surface area contributed by atoms with Gasteiger partial charge in [0.2, 0.25) is 5.91 Å². The van der Waals surface area contributed by atoms with Gasteiger partial charge in [0.05, 0.1) is 25.2 Å². The maximum atomic E-state index is 12.7. The maximum Gasteiger partial charge on any atom is 0.225 e. The topological polar surface area (TPSA) is 49.8 Å². The molecule has 1 fully saturated rings. The molecule has 3 unspecified atom stereocenters. The van der Waals surface area contributed by atoms with E-state index >= 15 is 0 Å². The smallest absolute Gasteiger partial charge is 0.225 e. The number of rotatable bonds is 4. The molecule has 22 heavy (non-hydrogen) atoms. The number of benzene rings is 1. The lowest BCUT2D eigenvalue weighted by Crippen LogP contribution is -2.38. The molecule has 3 atom stereocenters. The molecule has 4 heteroatoms. The number of carbonyl (C=O) groups is 1. The third-order valence-electron chi connectivity index (χ3n) is 4.76. The molecule has 0 spiro atoms. The third kappa shape index (κ3) is 3.33. The molecule has 4 nitrogen and oxygen atoms in total. The Morgan fingerprint density at radius 3 is 3.09 bits per heavy atom. The lowest BCUT2D eigenvalue weighted by atomic mass is 9.95. The van der Waals surface area contributed by atoms with Crippen LogP contribution in [-0.4, -0.2) is 41.2 Å². The highest BCUT2D eigenvalue weighted by molar-refractivity contribution is 5.77. The van der Waals surface area contributed by atoms with Gasteiger partial charge in [-0.3, -0.25) is 4.79 Å². The van der Waals surface area contributed by atoms with Crippen molar-refractivity contribution >= 4 is 5.91 Å². The van der Waals surface area contributed by atoms with Crippen LogP contribution in [0.1, 0.15) is 49.8 Å². The monoisotopic (exact) mass is 303 g/mol. The highest BCUT2D eigenvalue weighted by Gasteiger charge is 2.32. The van der Waals surface area contributed by atoms with Gasteiger partial charge in [-0.15, -0.1) is 0 Å². The Labute approximate surface area is 132 Å². The summed E-state index contributed by atoms with van der Waals surface area (Å²) in [4.78, 5) is 14.6. The van der Waals surface area contributed by atoms with Crippen molar-refractivity contribution < 1.29 is 14.6 Å². The molecule has 0 aliphatic carbocycles. The minimum Gasteiger partial charge on any atom is -0.393 e. The molecule has 1 aromatic rings. The molecular weight excluding hydrogens is 278 g/mol. The van der Waals surface area contributed by atoms with E-state index in [9.17, 15) is 9.90 Å². The fraction of sp³-hybridized carbons (Fsp3) is 0.611. The molecule has 0 aromatic heterocycles. The number of amides is 1. The standard InChI is InChI=1S/C18H25NO3/c1-13(20)11-15-6-4-9-19(15)18(21)12-17-16-7-3-2-5-14(16)8-10-22-17/h2-3,5,7,13,15,17,20H,4,6,8-12H2,1H3. The van der Waals surface area contributed by atoms with Gasteiger partial charge in [0.15, 0.2) is 0 Å². The molecule has 1 amide bonds. The van der Waals surface area contributed by atoms with E-state index in [4.69, 9.17) is 4.74 Å². The van der Waals surface area contributed by atoms with Gasteiger partial charge in [0.1, 0.15) is 0 Å². The van der Waals surface area contributed by atoms with Crippen LogP contribution in [0.5, 0.6) is 0 Å². The van der Waals surface area contributed by atoms with Gasteiger partial charge in [-0.25, -0.2) is 0 Å². The maximum absolute atomic E-state index is 12.7. The second kappa shape index (κ2) is 6.80. The molecular formula is C18H25NO3. The summed E-state index contributed by atoms with van der Waals surface area (Å²) in [5.74, 6) is 0.157. The highest BCUT2D eigenvalue weighted by Crippen LogP contribution is 2.31. The molecule has 120 valence electrons. The van der Waals surface area contributed by atoms with Crippen molar-refractivity contribution in [3.05, 3.63) is 35.4 Å². The van der Waals surface area contributed by atoms with Crippen molar-refractivity contribution in [2.45, 2.75) is 57.3 Å². The first-order valence-corrected chi connectivity index (χ1v) is 8.32. The van der Waals surface area contributed by atoms with Crippen molar-refractivity contribution in [2.24, 2.45) is 0 Å². The number of hydrogen-bond acceptors (Lipinski definition) is 3. The Balaban J connectivity index is 1.67. The van der Waals surface area contributed by atoms with Crippen molar-refractivity contribution in [2.75, 3.05) is 13.2 Å². The Bertz CT molecular complexity index is 529. The summed E-state index contributed by atoms with van der Waals surface area (Å²) in [7, 11) is 0. The highest BCUT2D eigenvalue weighted by atomic mass is 16.5. The van der Waals surface area contributed by atoms with E-state index in [0.29, 0.717) is 19.4 Å². The molecule has 2 aliphatic rings. The van der Waals surface area contributed by atoms with Crippen LogP contribution in [0.25, 0.3) is 0 Å². The molecule has 0 bridgehead atoms. The Hall–Kier alpha value is -1.39. The lowest BCUT2D eigenvalue weighted by Gasteiger charge is -2.30. The lowest BCUT2D eigenvalue weighted by molar-refractivity contribution is -0.135. The summed E-state index contributed by atoms with van der Waals surface area (Å²) in [6.45, 7) is 3.29. The zero-order valence-electron chi connectivity index (χ0n) is 13.2. The normalized spacial score (nSPS) is 25.8. The second-order valence-corrected chi connectivity index (χ2v) is 6.48. The average Bonchev–Trinajstić information content (AvgIpc) is 2.95. The summed E-state index contributed by atoms with van der Waals surface area (Å²) in [6, 6.07) is 8.44. The zero-order valence-corrected chi connectivity index (χ0v) is 13.2. The number of fused-ring (bicyclic) bond motifs is 1. The van der Waals surface area contributed by atoms with Crippen molar-refractivity contribution in [3.63, 3.8) is 0 Å². The largest absolute Gasteiger partial charge is 0.393 e. The van der Waals surface area contributed by atoms with Gasteiger partial charge in [-0.2, -0.15) is 0 Å². The van der Waals surface area contributed by atoms with Crippen molar-refractivity contribution in [1.29, 1.82) is 0 Å². The summed E-state index contributed by atoms with van der Waals surface area (Å²) in [6.07, 6.45) is 3.57. The zero-order chi connectivity index (χ0) is 15.5. The molecule has 3 rings (SSSR count). The molecule has 1 aromatic carbocycles. The van der Waals surface area contributed by atoms with E-state index in [1.807, 2.05) is 17.0 Å².